The zero-order chi connectivity index (χ0) is 18.4. The van der Waals surface area contributed by atoms with Crippen molar-refractivity contribution in [1.29, 1.82) is 0 Å². The van der Waals surface area contributed by atoms with Gasteiger partial charge in [0.2, 0.25) is 0 Å². The van der Waals surface area contributed by atoms with E-state index in [9.17, 15) is 9.59 Å². The van der Waals surface area contributed by atoms with Crippen molar-refractivity contribution in [3.8, 4) is 0 Å². The molecule has 2 saturated heterocycles. The smallest absolute Gasteiger partial charge is 0.273 e. The highest BCUT2D eigenvalue weighted by molar-refractivity contribution is 5.97. The second-order valence-corrected chi connectivity index (χ2v) is 7.05. The third-order valence-corrected chi connectivity index (χ3v) is 5.43. The predicted molar refractivity (Wildman–Crippen MR) is 97.0 cm³/mol. The van der Waals surface area contributed by atoms with Crippen LogP contribution in [0.5, 0.6) is 0 Å². The highest BCUT2D eigenvalue weighted by Crippen LogP contribution is 2.32. The SMILES string of the molecule is O=C(c1ccccn1)N1CC2CCC(C1)N2C(=O)c1cc2cn[nH]c2cn1. The van der Waals surface area contributed by atoms with Crippen LogP contribution in [0.2, 0.25) is 0 Å². The number of carbonyl (C=O) groups is 2. The Morgan fingerprint density at radius 3 is 2.56 bits per heavy atom. The maximum absolute atomic E-state index is 13.1. The van der Waals surface area contributed by atoms with Gasteiger partial charge in [-0.15, -0.1) is 0 Å². The van der Waals surface area contributed by atoms with Gasteiger partial charge in [-0.2, -0.15) is 5.10 Å². The Bertz CT molecular complexity index is 1000. The molecule has 0 saturated carbocycles. The predicted octanol–water partition coefficient (Wildman–Crippen LogP) is 1.48. The highest BCUT2D eigenvalue weighted by Gasteiger charge is 2.44. The second kappa shape index (κ2) is 6.15. The minimum atomic E-state index is -0.0736. The lowest BCUT2D eigenvalue weighted by molar-refractivity contribution is 0.0354. The summed E-state index contributed by atoms with van der Waals surface area (Å²) in [4.78, 5) is 38.0. The van der Waals surface area contributed by atoms with Gasteiger partial charge in [0, 0.05) is 24.7 Å². The van der Waals surface area contributed by atoms with Crippen LogP contribution in [0.15, 0.2) is 42.9 Å². The van der Waals surface area contributed by atoms with Crippen molar-refractivity contribution in [2.45, 2.75) is 24.9 Å². The van der Waals surface area contributed by atoms with Gasteiger partial charge >= 0.3 is 0 Å². The first-order valence-corrected chi connectivity index (χ1v) is 9.03. The molecule has 2 amide bonds. The summed E-state index contributed by atoms with van der Waals surface area (Å²) in [7, 11) is 0. The van der Waals surface area contributed by atoms with E-state index in [1.807, 2.05) is 15.9 Å². The fraction of sp³-hybridized carbons (Fsp3) is 0.316. The minimum absolute atomic E-state index is 0.0192. The number of aromatic nitrogens is 4. The zero-order valence-electron chi connectivity index (χ0n) is 14.6. The van der Waals surface area contributed by atoms with E-state index in [0.29, 0.717) is 24.5 Å². The molecule has 5 heterocycles. The van der Waals surface area contributed by atoms with Gasteiger partial charge in [0.25, 0.3) is 11.8 Å². The van der Waals surface area contributed by atoms with E-state index >= 15 is 0 Å². The van der Waals surface area contributed by atoms with Gasteiger partial charge in [-0.1, -0.05) is 6.07 Å². The van der Waals surface area contributed by atoms with E-state index < -0.39 is 0 Å². The summed E-state index contributed by atoms with van der Waals surface area (Å²) in [6.07, 6.45) is 6.75. The summed E-state index contributed by atoms with van der Waals surface area (Å²) in [6.45, 7) is 1.07. The lowest BCUT2D eigenvalue weighted by atomic mass is 10.1. The molecular weight excluding hydrogens is 344 g/mol. The number of nitrogens with zero attached hydrogens (tertiary/aromatic N) is 5. The van der Waals surface area contributed by atoms with Crippen LogP contribution in [0.1, 0.15) is 33.8 Å². The van der Waals surface area contributed by atoms with Crippen LogP contribution in [-0.4, -0.2) is 67.0 Å². The number of nitrogens with one attached hydrogen (secondary N) is 1. The van der Waals surface area contributed by atoms with E-state index in [0.717, 1.165) is 23.7 Å². The van der Waals surface area contributed by atoms with E-state index in [1.165, 1.54) is 0 Å². The van der Waals surface area contributed by atoms with Crippen molar-refractivity contribution in [2.75, 3.05) is 13.1 Å². The largest absolute Gasteiger partial charge is 0.333 e. The molecule has 2 bridgehead atoms. The number of H-pyrrole nitrogens is 1. The van der Waals surface area contributed by atoms with Crippen LogP contribution in [0.25, 0.3) is 10.9 Å². The molecule has 5 rings (SSSR count). The third kappa shape index (κ3) is 2.64. The number of fused-ring (bicyclic) bond motifs is 3. The Kier molecular flexibility index (Phi) is 3.63. The Hall–Kier alpha value is -3.29. The van der Waals surface area contributed by atoms with Crippen LogP contribution < -0.4 is 0 Å². The summed E-state index contributed by atoms with van der Waals surface area (Å²) >= 11 is 0. The number of hydrogen-bond donors (Lipinski definition) is 1. The molecule has 0 spiro atoms. The van der Waals surface area contributed by atoms with Gasteiger partial charge in [0.05, 0.1) is 30.0 Å². The van der Waals surface area contributed by atoms with Crippen molar-refractivity contribution >= 4 is 22.7 Å². The van der Waals surface area contributed by atoms with E-state index in [-0.39, 0.29) is 23.9 Å². The number of rotatable bonds is 2. The average molecular weight is 362 g/mol. The fourth-order valence-corrected chi connectivity index (χ4v) is 4.14. The maximum atomic E-state index is 13.1. The molecule has 0 aliphatic carbocycles. The van der Waals surface area contributed by atoms with Crippen LogP contribution in [0.4, 0.5) is 0 Å². The molecule has 136 valence electrons. The maximum Gasteiger partial charge on any atom is 0.273 e. The number of carbonyl (C=O) groups excluding carboxylic acids is 2. The van der Waals surface area contributed by atoms with Gasteiger partial charge in [-0.05, 0) is 31.0 Å². The van der Waals surface area contributed by atoms with E-state index in [1.54, 1.807) is 36.8 Å². The van der Waals surface area contributed by atoms with E-state index in [4.69, 9.17) is 0 Å². The quantitative estimate of drug-likeness (QED) is 0.745. The molecular formula is C19H18N6O2. The Balaban J connectivity index is 1.37. The Labute approximate surface area is 155 Å². The number of piperazine rings is 1. The van der Waals surface area contributed by atoms with Gasteiger partial charge in [0.1, 0.15) is 11.4 Å². The first-order chi connectivity index (χ1) is 13.2. The summed E-state index contributed by atoms with van der Waals surface area (Å²) in [5.41, 5.74) is 1.68. The van der Waals surface area contributed by atoms with Crippen molar-refractivity contribution < 1.29 is 9.59 Å². The molecule has 0 aromatic carbocycles. The molecule has 2 atom stereocenters. The molecule has 1 N–H and O–H groups in total. The molecule has 3 aromatic rings. The van der Waals surface area contributed by atoms with Crippen LogP contribution in [0.3, 0.4) is 0 Å². The summed E-state index contributed by atoms with van der Waals surface area (Å²) in [5, 5.41) is 7.68. The summed E-state index contributed by atoms with van der Waals surface area (Å²) < 4.78 is 0. The number of likely N-dealkylation sites (tertiary alicyclic amines) is 1. The summed E-state index contributed by atoms with van der Waals surface area (Å²) in [5.74, 6) is -0.145. The fourth-order valence-electron chi connectivity index (χ4n) is 4.14. The third-order valence-electron chi connectivity index (χ3n) is 5.43. The number of pyridine rings is 2. The molecule has 8 heteroatoms. The lowest BCUT2D eigenvalue weighted by Gasteiger charge is -2.40. The monoisotopic (exact) mass is 362 g/mol. The first kappa shape index (κ1) is 15.9. The van der Waals surface area contributed by atoms with Crippen molar-refractivity contribution in [3.05, 3.63) is 54.2 Å². The molecule has 3 aromatic heterocycles. The normalized spacial score (nSPS) is 21.6. The number of aromatic amines is 1. The van der Waals surface area contributed by atoms with Gasteiger partial charge in [-0.25, -0.2) is 4.98 Å². The van der Waals surface area contributed by atoms with E-state index in [2.05, 4.69) is 20.2 Å². The molecule has 2 unspecified atom stereocenters. The second-order valence-electron chi connectivity index (χ2n) is 7.05. The molecule has 27 heavy (non-hydrogen) atoms. The van der Waals surface area contributed by atoms with Crippen molar-refractivity contribution in [1.82, 2.24) is 30.0 Å². The van der Waals surface area contributed by atoms with Crippen molar-refractivity contribution in [2.24, 2.45) is 0 Å². The average Bonchev–Trinajstić information content (AvgIpc) is 3.28. The Morgan fingerprint density at radius 2 is 1.81 bits per heavy atom. The van der Waals surface area contributed by atoms with Gasteiger partial charge in [-0.3, -0.25) is 19.7 Å². The van der Waals surface area contributed by atoms with Crippen LogP contribution in [-0.2, 0) is 0 Å². The van der Waals surface area contributed by atoms with Gasteiger partial charge < -0.3 is 9.80 Å². The highest BCUT2D eigenvalue weighted by atomic mass is 16.2. The minimum Gasteiger partial charge on any atom is -0.333 e. The van der Waals surface area contributed by atoms with Crippen LogP contribution >= 0.6 is 0 Å². The molecule has 0 radical (unpaired) electrons. The molecule has 2 aliphatic heterocycles. The molecule has 2 fully saturated rings. The number of amides is 2. The molecule has 8 nitrogen and oxygen atoms in total. The summed E-state index contributed by atoms with van der Waals surface area (Å²) in [6, 6.07) is 7.14. The van der Waals surface area contributed by atoms with Crippen LogP contribution in [0, 0.1) is 0 Å². The lowest BCUT2D eigenvalue weighted by Crippen LogP contribution is -2.57. The zero-order valence-corrected chi connectivity index (χ0v) is 14.6. The first-order valence-electron chi connectivity index (χ1n) is 9.03. The topological polar surface area (TPSA) is 95.1 Å². The van der Waals surface area contributed by atoms with Gasteiger partial charge in [0.15, 0.2) is 0 Å². The Morgan fingerprint density at radius 1 is 1.00 bits per heavy atom. The molecule has 2 aliphatic rings. The standard InChI is InChI=1S/C19H18N6O2/c26-18(15-3-1-2-6-20-15)24-10-13-4-5-14(11-24)25(13)19(27)16-7-12-8-22-23-17(12)9-21-16/h1-3,6-9,13-14H,4-5,10-11H2,(H,22,23). The number of hydrogen-bond acceptors (Lipinski definition) is 5. The van der Waals surface area contributed by atoms with Crippen molar-refractivity contribution in [3.63, 3.8) is 0 Å².